The van der Waals surface area contributed by atoms with Crippen molar-refractivity contribution in [1.29, 1.82) is 0 Å². The van der Waals surface area contributed by atoms with Gasteiger partial charge < -0.3 is 14.5 Å². The Balaban J connectivity index is 1.29. The van der Waals surface area contributed by atoms with Crippen LogP contribution in [0.2, 0.25) is 0 Å². The number of hydrogen-bond donors (Lipinski definition) is 0. The third-order valence-corrected chi connectivity index (χ3v) is 6.84. The molecule has 0 aliphatic carbocycles. The van der Waals surface area contributed by atoms with Gasteiger partial charge in [0.05, 0.1) is 24.9 Å². The van der Waals surface area contributed by atoms with Crippen LogP contribution in [0.25, 0.3) is 11.6 Å². The van der Waals surface area contributed by atoms with E-state index in [9.17, 15) is 4.79 Å². The fraction of sp³-hybridized carbons (Fsp3) is 0.417. The summed E-state index contributed by atoms with van der Waals surface area (Å²) in [5.41, 5.74) is 3.90. The number of amides is 1. The molecule has 0 aromatic carbocycles. The summed E-state index contributed by atoms with van der Waals surface area (Å²) >= 11 is 0. The largest absolute Gasteiger partial charge is 0.380 e. The van der Waals surface area contributed by atoms with Crippen molar-refractivity contribution in [2.24, 2.45) is 5.41 Å². The van der Waals surface area contributed by atoms with Crippen LogP contribution in [0, 0.1) is 12.3 Å². The monoisotopic (exact) mass is 443 g/mol. The molecule has 1 spiro atoms. The van der Waals surface area contributed by atoms with Crippen molar-refractivity contribution < 1.29 is 9.53 Å². The second-order valence-corrected chi connectivity index (χ2v) is 9.26. The van der Waals surface area contributed by atoms with E-state index in [0.29, 0.717) is 37.8 Å². The molecule has 3 aromatic rings. The molecule has 2 fully saturated rings. The summed E-state index contributed by atoms with van der Waals surface area (Å²) in [5.74, 6) is 2.12. The van der Waals surface area contributed by atoms with Gasteiger partial charge in [-0.05, 0) is 26.0 Å². The molecule has 0 bridgehead atoms. The molecule has 6 rings (SSSR count). The highest BCUT2D eigenvalue weighted by molar-refractivity contribution is 5.97. The van der Waals surface area contributed by atoms with Gasteiger partial charge in [-0.3, -0.25) is 4.79 Å². The van der Waals surface area contributed by atoms with Gasteiger partial charge in [-0.15, -0.1) is 0 Å². The van der Waals surface area contributed by atoms with Gasteiger partial charge in [-0.1, -0.05) is 0 Å². The number of anilines is 2. The average Bonchev–Trinajstić information content (AvgIpc) is 3.17. The first-order valence-electron chi connectivity index (χ1n) is 11.3. The van der Waals surface area contributed by atoms with Crippen LogP contribution in [-0.4, -0.2) is 57.1 Å². The van der Waals surface area contributed by atoms with Gasteiger partial charge in [0.2, 0.25) is 5.91 Å². The first-order chi connectivity index (χ1) is 16.0. The van der Waals surface area contributed by atoms with Crippen LogP contribution < -0.4 is 9.80 Å². The number of carbonyl (C=O) groups excluding carboxylic acids is 1. The molecule has 3 aliphatic heterocycles. The molecular formula is C24H25N7O2. The quantitative estimate of drug-likeness (QED) is 0.609. The molecule has 3 aliphatic rings. The highest BCUT2D eigenvalue weighted by Crippen LogP contribution is 2.41. The van der Waals surface area contributed by atoms with Crippen LogP contribution in [0.15, 0.2) is 36.8 Å². The summed E-state index contributed by atoms with van der Waals surface area (Å²) in [5, 5.41) is 0. The summed E-state index contributed by atoms with van der Waals surface area (Å²) < 4.78 is 5.40. The smallest absolute Gasteiger partial charge is 0.227 e. The molecule has 0 N–H and O–H groups in total. The van der Waals surface area contributed by atoms with Crippen LogP contribution in [0.1, 0.15) is 36.3 Å². The number of ether oxygens (including phenoxy) is 1. The Kier molecular flexibility index (Phi) is 4.62. The predicted molar refractivity (Wildman–Crippen MR) is 122 cm³/mol. The molecule has 1 unspecified atom stereocenters. The molecule has 168 valence electrons. The van der Waals surface area contributed by atoms with Crippen molar-refractivity contribution in [1.82, 2.24) is 24.9 Å². The van der Waals surface area contributed by atoms with E-state index in [-0.39, 0.29) is 17.4 Å². The summed E-state index contributed by atoms with van der Waals surface area (Å²) in [6, 6.07) is 5.87. The van der Waals surface area contributed by atoms with Crippen molar-refractivity contribution in [2.75, 3.05) is 36.1 Å². The zero-order chi connectivity index (χ0) is 22.6. The molecule has 9 nitrogen and oxygen atoms in total. The van der Waals surface area contributed by atoms with E-state index in [4.69, 9.17) is 14.7 Å². The molecule has 1 atom stereocenters. The third kappa shape index (κ3) is 3.43. The molecule has 0 saturated carbocycles. The van der Waals surface area contributed by atoms with E-state index in [1.165, 1.54) is 0 Å². The Morgan fingerprint density at radius 2 is 1.91 bits per heavy atom. The lowest BCUT2D eigenvalue weighted by Gasteiger charge is -2.37. The van der Waals surface area contributed by atoms with Crippen LogP contribution in [0.4, 0.5) is 11.5 Å². The van der Waals surface area contributed by atoms with Crippen LogP contribution in [0.5, 0.6) is 0 Å². The first kappa shape index (κ1) is 20.2. The third-order valence-electron chi connectivity index (χ3n) is 6.84. The van der Waals surface area contributed by atoms with Crippen molar-refractivity contribution >= 4 is 17.4 Å². The lowest BCUT2D eigenvalue weighted by Crippen LogP contribution is -2.44. The molecular weight excluding hydrogens is 418 g/mol. The van der Waals surface area contributed by atoms with Gasteiger partial charge in [0, 0.05) is 72.9 Å². The van der Waals surface area contributed by atoms with Gasteiger partial charge in [-0.25, -0.2) is 24.9 Å². The Bertz CT molecular complexity index is 1230. The van der Waals surface area contributed by atoms with E-state index in [1.807, 2.05) is 30.2 Å². The highest BCUT2D eigenvalue weighted by Gasteiger charge is 2.49. The molecule has 1 amide bonds. The van der Waals surface area contributed by atoms with Crippen LogP contribution >= 0.6 is 0 Å². The number of pyridine rings is 1. The van der Waals surface area contributed by atoms with E-state index in [0.717, 1.165) is 41.4 Å². The minimum absolute atomic E-state index is 0.0106. The topological polar surface area (TPSA) is 97.2 Å². The van der Waals surface area contributed by atoms with E-state index < -0.39 is 0 Å². The summed E-state index contributed by atoms with van der Waals surface area (Å²) in [6.07, 6.45) is 6.60. The van der Waals surface area contributed by atoms with Crippen LogP contribution in [0.3, 0.4) is 0 Å². The summed E-state index contributed by atoms with van der Waals surface area (Å²) in [6.45, 7) is 6.95. The molecule has 6 heterocycles. The van der Waals surface area contributed by atoms with Gasteiger partial charge >= 0.3 is 0 Å². The Labute approximate surface area is 191 Å². The predicted octanol–water partition coefficient (Wildman–Crippen LogP) is 2.51. The van der Waals surface area contributed by atoms with Crippen molar-refractivity contribution in [2.45, 2.75) is 32.7 Å². The number of aromatic nitrogens is 5. The summed E-state index contributed by atoms with van der Waals surface area (Å²) in [7, 11) is 0. The van der Waals surface area contributed by atoms with Crippen molar-refractivity contribution in [3.8, 4) is 11.6 Å². The first-order valence-corrected chi connectivity index (χ1v) is 11.3. The van der Waals surface area contributed by atoms with Crippen molar-refractivity contribution in [3.05, 3.63) is 53.7 Å². The van der Waals surface area contributed by atoms with Crippen molar-refractivity contribution in [3.63, 3.8) is 0 Å². The van der Waals surface area contributed by atoms with Gasteiger partial charge in [0.15, 0.2) is 11.6 Å². The number of nitrogens with zero attached hydrogens (tertiary/aromatic N) is 7. The van der Waals surface area contributed by atoms with Gasteiger partial charge in [-0.2, -0.15) is 0 Å². The number of carbonyl (C=O) groups is 1. The standard InChI is InChI=1S/C24H25N7O2/c1-15-8-17(31-12-24(10-21(31)32)13-33-14-24)9-20(28-15)30-7-4-19-18(16(30)2)11-27-23(29-19)22-25-5-3-6-26-22/h3,5-6,8-9,11,16H,4,7,10,12-14H2,1-2H3. The number of fused-ring (bicyclic) bond motifs is 1. The minimum atomic E-state index is -0.0106. The zero-order valence-corrected chi connectivity index (χ0v) is 18.7. The lowest BCUT2D eigenvalue weighted by molar-refractivity contribution is -0.126. The van der Waals surface area contributed by atoms with Crippen LogP contribution in [-0.2, 0) is 16.0 Å². The molecule has 9 heteroatoms. The maximum absolute atomic E-state index is 12.8. The maximum atomic E-state index is 12.8. The molecule has 3 aromatic heterocycles. The van der Waals surface area contributed by atoms with Gasteiger partial charge in [0.1, 0.15) is 5.82 Å². The minimum Gasteiger partial charge on any atom is -0.380 e. The van der Waals surface area contributed by atoms with E-state index in [1.54, 1.807) is 18.5 Å². The maximum Gasteiger partial charge on any atom is 0.227 e. The fourth-order valence-corrected chi connectivity index (χ4v) is 5.05. The zero-order valence-electron chi connectivity index (χ0n) is 18.7. The normalized spacial score (nSPS) is 21.3. The average molecular weight is 444 g/mol. The lowest BCUT2D eigenvalue weighted by atomic mass is 9.85. The summed E-state index contributed by atoms with van der Waals surface area (Å²) in [4.78, 5) is 39.6. The Hall–Kier alpha value is -3.46. The highest BCUT2D eigenvalue weighted by atomic mass is 16.5. The SMILES string of the molecule is Cc1cc(N2CC3(COC3)CC2=O)cc(N2CCc3nc(-c4ncccn4)ncc3C2C)n1. The number of aryl methyl sites for hydroxylation is 1. The second kappa shape index (κ2) is 7.55. The van der Waals surface area contributed by atoms with Gasteiger partial charge in [0.25, 0.3) is 0 Å². The Morgan fingerprint density at radius 1 is 1.09 bits per heavy atom. The molecule has 2 saturated heterocycles. The number of rotatable bonds is 3. The fourth-order valence-electron chi connectivity index (χ4n) is 5.05. The van der Waals surface area contributed by atoms with E-state index in [2.05, 4.69) is 26.8 Å². The van der Waals surface area contributed by atoms with E-state index >= 15 is 0 Å². The second-order valence-electron chi connectivity index (χ2n) is 9.26. The Morgan fingerprint density at radius 3 is 2.64 bits per heavy atom. The molecule has 33 heavy (non-hydrogen) atoms. The molecule has 0 radical (unpaired) electrons. The number of hydrogen-bond acceptors (Lipinski definition) is 8.